The lowest BCUT2D eigenvalue weighted by molar-refractivity contribution is 0.302. The molecule has 21 heavy (non-hydrogen) atoms. The van der Waals surface area contributed by atoms with Crippen LogP contribution in [0.4, 0.5) is 0 Å². The van der Waals surface area contributed by atoms with Gasteiger partial charge in [-0.1, -0.05) is 48.0 Å². The van der Waals surface area contributed by atoms with Crippen molar-refractivity contribution in [3.8, 4) is 5.75 Å². The van der Waals surface area contributed by atoms with Gasteiger partial charge < -0.3 is 10.5 Å². The van der Waals surface area contributed by atoms with Gasteiger partial charge in [-0.3, -0.25) is 0 Å². The standard InChI is InChI=1S/C18H22ClNO/c1-14-7-2-3-9-16(14)15(13-20)8-6-12-21-18-11-5-4-10-17(18)19/h2-5,7,9-11,15H,6,8,12-13,20H2,1H3. The maximum atomic E-state index is 6.06. The van der Waals surface area contributed by atoms with E-state index in [4.69, 9.17) is 22.1 Å². The van der Waals surface area contributed by atoms with Crippen LogP contribution in [0.5, 0.6) is 5.75 Å². The molecule has 2 nitrogen and oxygen atoms in total. The third kappa shape index (κ3) is 4.48. The number of ether oxygens (including phenoxy) is 1. The molecular formula is C18H22ClNO. The topological polar surface area (TPSA) is 35.2 Å². The molecule has 0 aromatic heterocycles. The zero-order valence-corrected chi connectivity index (χ0v) is 13.1. The molecule has 2 N–H and O–H groups in total. The highest BCUT2D eigenvalue weighted by atomic mass is 35.5. The maximum absolute atomic E-state index is 6.06. The van der Waals surface area contributed by atoms with E-state index < -0.39 is 0 Å². The lowest BCUT2D eigenvalue weighted by Crippen LogP contribution is -2.14. The smallest absolute Gasteiger partial charge is 0.137 e. The molecule has 2 aromatic rings. The number of hydrogen-bond acceptors (Lipinski definition) is 2. The summed E-state index contributed by atoms with van der Waals surface area (Å²) in [6, 6.07) is 16.0. The minimum absolute atomic E-state index is 0.390. The van der Waals surface area contributed by atoms with Crippen LogP contribution in [0.25, 0.3) is 0 Å². The number of para-hydroxylation sites is 1. The molecular weight excluding hydrogens is 282 g/mol. The molecule has 1 atom stereocenters. The summed E-state index contributed by atoms with van der Waals surface area (Å²) < 4.78 is 5.73. The van der Waals surface area contributed by atoms with Crippen LogP contribution in [0.15, 0.2) is 48.5 Å². The van der Waals surface area contributed by atoms with Crippen LogP contribution in [0.2, 0.25) is 5.02 Å². The number of halogens is 1. The van der Waals surface area contributed by atoms with Crippen molar-refractivity contribution in [2.45, 2.75) is 25.7 Å². The summed E-state index contributed by atoms with van der Waals surface area (Å²) in [4.78, 5) is 0. The lowest BCUT2D eigenvalue weighted by atomic mass is 9.91. The van der Waals surface area contributed by atoms with Crippen LogP contribution >= 0.6 is 11.6 Å². The van der Waals surface area contributed by atoms with Crippen molar-refractivity contribution in [2.24, 2.45) is 5.73 Å². The average Bonchev–Trinajstić information content (AvgIpc) is 2.50. The highest BCUT2D eigenvalue weighted by molar-refractivity contribution is 6.32. The normalized spacial score (nSPS) is 12.1. The van der Waals surface area contributed by atoms with E-state index in [2.05, 4.69) is 31.2 Å². The molecule has 0 saturated heterocycles. The number of rotatable bonds is 7. The molecule has 0 aliphatic carbocycles. The van der Waals surface area contributed by atoms with E-state index in [0.29, 0.717) is 24.1 Å². The van der Waals surface area contributed by atoms with Crippen molar-refractivity contribution >= 4 is 11.6 Å². The zero-order valence-electron chi connectivity index (χ0n) is 12.4. The van der Waals surface area contributed by atoms with Crippen LogP contribution in [0.1, 0.15) is 29.9 Å². The summed E-state index contributed by atoms with van der Waals surface area (Å²) in [6.07, 6.45) is 1.98. The van der Waals surface area contributed by atoms with E-state index in [-0.39, 0.29) is 0 Å². The molecule has 0 spiro atoms. The Morgan fingerprint density at radius 2 is 1.81 bits per heavy atom. The molecule has 1 unspecified atom stereocenters. The van der Waals surface area contributed by atoms with Crippen LogP contribution in [-0.2, 0) is 0 Å². The van der Waals surface area contributed by atoms with Gasteiger partial charge in [0.1, 0.15) is 5.75 Å². The van der Waals surface area contributed by atoms with Crippen molar-refractivity contribution in [3.05, 3.63) is 64.7 Å². The Morgan fingerprint density at radius 1 is 1.10 bits per heavy atom. The molecule has 2 aromatic carbocycles. The summed E-state index contributed by atoms with van der Waals surface area (Å²) in [5.74, 6) is 1.14. The Bertz CT molecular complexity index is 571. The first-order valence-electron chi connectivity index (χ1n) is 7.35. The van der Waals surface area contributed by atoms with Gasteiger partial charge in [0.15, 0.2) is 0 Å². The van der Waals surface area contributed by atoms with Gasteiger partial charge in [-0.2, -0.15) is 0 Å². The second kappa shape index (κ2) is 8.06. The predicted octanol–water partition coefficient (Wildman–Crippen LogP) is 4.55. The summed E-state index contributed by atoms with van der Waals surface area (Å²) in [5.41, 5.74) is 8.58. The highest BCUT2D eigenvalue weighted by Crippen LogP contribution is 2.25. The van der Waals surface area contributed by atoms with Crippen LogP contribution in [-0.4, -0.2) is 13.2 Å². The minimum atomic E-state index is 0.390. The molecule has 0 amide bonds. The summed E-state index contributed by atoms with van der Waals surface area (Å²) in [6.45, 7) is 3.46. The first-order chi connectivity index (χ1) is 10.2. The summed E-state index contributed by atoms with van der Waals surface area (Å²) in [7, 11) is 0. The van der Waals surface area contributed by atoms with Crippen molar-refractivity contribution in [3.63, 3.8) is 0 Å². The second-order valence-electron chi connectivity index (χ2n) is 5.21. The molecule has 2 rings (SSSR count). The van der Waals surface area contributed by atoms with Gasteiger partial charge in [0.05, 0.1) is 11.6 Å². The Balaban J connectivity index is 1.85. The summed E-state index contributed by atoms with van der Waals surface area (Å²) >= 11 is 6.06. The molecule has 0 saturated carbocycles. The number of hydrogen-bond donors (Lipinski definition) is 1. The molecule has 3 heteroatoms. The fraction of sp³-hybridized carbons (Fsp3) is 0.333. The van der Waals surface area contributed by atoms with Gasteiger partial charge in [-0.15, -0.1) is 0 Å². The van der Waals surface area contributed by atoms with Gasteiger partial charge in [0.2, 0.25) is 0 Å². The van der Waals surface area contributed by atoms with Crippen molar-refractivity contribution in [1.29, 1.82) is 0 Å². The van der Waals surface area contributed by atoms with Crippen molar-refractivity contribution in [2.75, 3.05) is 13.2 Å². The molecule has 112 valence electrons. The molecule has 0 radical (unpaired) electrons. The number of aryl methyl sites for hydroxylation is 1. The third-order valence-electron chi connectivity index (χ3n) is 3.70. The quantitative estimate of drug-likeness (QED) is 0.762. The van der Waals surface area contributed by atoms with Crippen molar-refractivity contribution in [1.82, 2.24) is 0 Å². The van der Waals surface area contributed by atoms with Crippen LogP contribution in [0, 0.1) is 6.92 Å². The highest BCUT2D eigenvalue weighted by Gasteiger charge is 2.11. The first kappa shape index (κ1) is 15.9. The van der Waals surface area contributed by atoms with E-state index >= 15 is 0 Å². The van der Waals surface area contributed by atoms with Gasteiger partial charge in [0.25, 0.3) is 0 Å². The Morgan fingerprint density at radius 3 is 2.52 bits per heavy atom. The van der Waals surface area contributed by atoms with Crippen LogP contribution < -0.4 is 10.5 Å². The average molecular weight is 304 g/mol. The van der Waals surface area contributed by atoms with Crippen molar-refractivity contribution < 1.29 is 4.74 Å². The fourth-order valence-corrected chi connectivity index (χ4v) is 2.71. The molecule has 0 heterocycles. The summed E-state index contributed by atoms with van der Waals surface area (Å²) in [5, 5.41) is 0.659. The predicted molar refractivity (Wildman–Crippen MR) is 89.2 cm³/mol. The van der Waals surface area contributed by atoms with E-state index in [1.165, 1.54) is 11.1 Å². The SMILES string of the molecule is Cc1ccccc1C(CN)CCCOc1ccccc1Cl. The molecule has 0 fully saturated rings. The fourth-order valence-electron chi connectivity index (χ4n) is 2.52. The second-order valence-corrected chi connectivity index (χ2v) is 5.62. The first-order valence-corrected chi connectivity index (χ1v) is 7.73. The zero-order chi connectivity index (χ0) is 15.1. The van der Waals surface area contributed by atoms with Gasteiger partial charge in [-0.25, -0.2) is 0 Å². The third-order valence-corrected chi connectivity index (χ3v) is 4.02. The Hall–Kier alpha value is -1.51. The van der Waals surface area contributed by atoms with Crippen LogP contribution in [0.3, 0.4) is 0 Å². The van der Waals surface area contributed by atoms with E-state index in [9.17, 15) is 0 Å². The number of nitrogens with two attached hydrogens (primary N) is 1. The Kier molecular flexibility index (Phi) is 6.09. The van der Waals surface area contributed by atoms with E-state index in [1.54, 1.807) is 0 Å². The van der Waals surface area contributed by atoms with Gasteiger partial charge in [0, 0.05) is 0 Å². The minimum Gasteiger partial charge on any atom is -0.492 e. The van der Waals surface area contributed by atoms with E-state index in [1.807, 2.05) is 24.3 Å². The molecule has 0 bridgehead atoms. The van der Waals surface area contributed by atoms with Gasteiger partial charge >= 0.3 is 0 Å². The largest absolute Gasteiger partial charge is 0.492 e. The Labute approximate surface area is 131 Å². The molecule has 0 aliphatic heterocycles. The maximum Gasteiger partial charge on any atom is 0.137 e. The van der Waals surface area contributed by atoms with Gasteiger partial charge in [-0.05, 0) is 55.5 Å². The number of benzene rings is 2. The molecule has 0 aliphatic rings. The monoisotopic (exact) mass is 303 g/mol. The van der Waals surface area contributed by atoms with E-state index in [0.717, 1.165) is 18.6 Å². The lowest BCUT2D eigenvalue weighted by Gasteiger charge is -2.17.